The van der Waals surface area contributed by atoms with Gasteiger partial charge in [-0.05, 0) is 46.2 Å². The van der Waals surface area contributed by atoms with Crippen LogP contribution in [0.15, 0.2) is 0 Å². The van der Waals surface area contributed by atoms with Crippen LogP contribution >= 0.6 is 0 Å². The Kier molecular flexibility index (Phi) is 4.39. The lowest BCUT2D eigenvalue weighted by Gasteiger charge is -2.34. The van der Waals surface area contributed by atoms with E-state index < -0.39 is 0 Å². The number of likely N-dealkylation sites (tertiary alicyclic amines) is 1. The molecule has 1 atom stereocenters. The maximum atomic E-state index is 3.55. The molecule has 0 radical (unpaired) electrons. The van der Waals surface area contributed by atoms with Crippen molar-refractivity contribution in [2.45, 2.75) is 58.5 Å². The topological polar surface area (TPSA) is 15.3 Å². The van der Waals surface area contributed by atoms with Crippen molar-refractivity contribution in [3.8, 4) is 0 Å². The second-order valence-corrected chi connectivity index (χ2v) is 5.09. The van der Waals surface area contributed by atoms with Gasteiger partial charge in [-0.15, -0.1) is 0 Å². The summed E-state index contributed by atoms with van der Waals surface area (Å²) in [6, 6.07) is 0.841. The minimum absolute atomic E-state index is 0.270. The van der Waals surface area contributed by atoms with E-state index in [-0.39, 0.29) is 5.54 Å². The zero-order valence-corrected chi connectivity index (χ0v) is 10.3. The van der Waals surface area contributed by atoms with Crippen LogP contribution in [-0.4, -0.2) is 36.1 Å². The molecule has 14 heavy (non-hydrogen) atoms. The molecule has 0 amide bonds. The standard InChI is InChI=1S/C12H26N2/c1-5-11-8-7-9-14(11)10-12(3,4)13-6-2/h11,13H,5-10H2,1-4H3. The highest BCUT2D eigenvalue weighted by molar-refractivity contribution is 4.87. The van der Waals surface area contributed by atoms with Gasteiger partial charge in [-0.1, -0.05) is 13.8 Å². The average Bonchev–Trinajstić information content (AvgIpc) is 2.50. The van der Waals surface area contributed by atoms with Gasteiger partial charge >= 0.3 is 0 Å². The quantitative estimate of drug-likeness (QED) is 0.729. The first-order valence-electron chi connectivity index (χ1n) is 6.08. The molecule has 2 heteroatoms. The molecular formula is C12H26N2. The number of hydrogen-bond donors (Lipinski definition) is 1. The first-order chi connectivity index (χ1) is 6.59. The maximum absolute atomic E-state index is 3.55. The Hall–Kier alpha value is -0.0800. The Bertz CT molecular complexity index is 166. The maximum Gasteiger partial charge on any atom is 0.0252 e. The average molecular weight is 198 g/mol. The van der Waals surface area contributed by atoms with Gasteiger partial charge in [0.2, 0.25) is 0 Å². The number of nitrogens with one attached hydrogen (secondary N) is 1. The third kappa shape index (κ3) is 3.25. The van der Waals surface area contributed by atoms with Crippen LogP contribution in [0.5, 0.6) is 0 Å². The summed E-state index contributed by atoms with van der Waals surface area (Å²) in [4.78, 5) is 2.66. The molecule has 84 valence electrons. The predicted octanol–water partition coefficient (Wildman–Crippen LogP) is 2.25. The lowest BCUT2D eigenvalue weighted by atomic mass is 10.0. The van der Waals surface area contributed by atoms with E-state index in [1.165, 1.54) is 32.4 Å². The molecule has 0 aromatic rings. The second kappa shape index (κ2) is 5.13. The summed E-state index contributed by atoms with van der Waals surface area (Å²) < 4.78 is 0. The lowest BCUT2D eigenvalue weighted by Crippen LogP contribution is -2.50. The monoisotopic (exact) mass is 198 g/mol. The largest absolute Gasteiger partial charge is 0.311 e. The van der Waals surface area contributed by atoms with Gasteiger partial charge in [-0.2, -0.15) is 0 Å². The summed E-state index contributed by atoms with van der Waals surface area (Å²) in [5, 5.41) is 3.55. The minimum Gasteiger partial charge on any atom is -0.311 e. The van der Waals surface area contributed by atoms with E-state index in [1.807, 2.05) is 0 Å². The van der Waals surface area contributed by atoms with Crippen molar-refractivity contribution in [1.29, 1.82) is 0 Å². The molecule has 1 heterocycles. The Morgan fingerprint density at radius 2 is 2.07 bits per heavy atom. The molecule has 1 N–H and O–H groups in total. The summed E-state index contributed by atoms with van der Waals surface area (Å²) in [5.74, 6) is 0. The van der Waals surface area contributed by atoms with E-state index in [1.54, 1.807) is 0 Å². The molecule has 0 aliphatic carbocycles. The summed E-state index contributed by atoms with van der Waals surface area (Å²) in [6.07, 6.45) is 4.10. The van der Waals surface area contributed by atoms with Gasteiger partial charge in [0.05, 0.1) is 0 Å². The summed E-state index contributed by atoms with van der Waals surface area (Å²) in [6.45, 7) is 12.7. The fourth-order valence-electron chi connectivity index (χ4n) is 2.61. The molecule has 0 bridgehead atoms. The van der Waals surface area contributed by atoms with E-state index in [4.69, 9.17) is 0 Å². The molecular weight excluding hydrogens is 172 g/mol. The molecule has 1 rings (SSSR count). The molecule has 0 aromatic heterocycles. The molecule has 0 aromatic carbocycles. The number of likely N-dealkylation sites (N-methyl/N-ethyl adjacent to an activating group) is 1. The fourth-order valence-corrected chi connectivity index (χ4v) is 2.61. The Labute approximate surface area is 89.1 Å². The van der Waals surface area contributed by atoms with E-state index in [9.17, 15) is 0 Å². The van der Waals surface area contributed by atoms with Crippen molar-refractivity contribution in [3.05, 3.63) is 0 Å². The number of rotatable bonds is 5. The molecule has 0 spiro atoms. The van der Waals surface area contributed by atoms with Crippen molar-refractivity contribution in [2.24, 2.45) is 0 Å². The molecule has 1 aliphatic rings. The van der Waals surface area contributed by atoms with E-state index in [2.05, 4.69) is 37.9 Å². The predicted molar refractivity (Wildman–Crippen MR) is 62.6 cm³/mol. The van der Waals surface area contributed by atoms with Crippen LogP contribution in [-0.2, 0) is 0 Å². The van der Waals surface area contributed by atoms with Gasteiger partial charge in [-0.3, -0.25) is 4.90 Å². The van der Waals surface area contributed by atoms with Crippen molar-refractivity contribution < 1.29 is 0 Å². The molecule has 1 saturated heterocycles. The molecule has 2 nitrogen and oxygen atoms in total. The van der Waals surface area contributed by atoms with Crippen molar-refractivity contribution in [1.82, 2.24) is 10.2 Å². The molecule has 0 saturated carbocycles. The molecule has 1 unspecified atom stereocenters. The minimum atomic E-state index is 0.270. The summed E-state index contributed by atoms with van der Waals surface area (Å²) in [5.41, 5.74) is 0.270. The Balaban J connectivity index is 2.42. The lowest BCUT2D eigenvalue weighted by molar-refractivity contribution is 0.185. The van der Waals surface area contributed by atoms with Crippen LogP contribution in [0.25, 0.3) is 0 Å². The van der Waals surface area contributed by atoms with Crippen LogP contribution < -0.4 is 5.32 Å². The van der Waals surface area contributed by atoms with Crippen LogP contribution in [0, 0.1) is 0 Å². The van der Waals surface area contributed by atoms with Gasteiger partial charge in [0, 0.05) is 18.1 Å². The van der Waals surface area contributed by atoms with E-state index >= 15 is 0 Å². The van der Waals surface area contributed by atoms with Crippen LogP contribution in [0.1, 0.15) is 47.0 Å². The molecule has 1 fully saturated rings. The SMILES string of the molecule is CCNC(C)(C)CN1CCCC1CC. The highest BCUT2D eigenvalue weighted by atomic mass is 15.2. The van der Waals surface area contributed by atoms with Crippen molar-refractivity contribution in [2.75, 3.05) is 19.6 Å². The Morgan fingerprint density at radius 1 is 1.36 bits per heavy atom. The van der Waals surface area contributed by atoms with Crippen molar-refractivity contribution in [3.63, 3.8) is 0 Å². The highest BCUT2D eigenvalue weighted by Crippen LogP contribution is 2.21. The van der Waals surface area contributed by atoms with Crippen LogP contribution in [0.2, 0.25) is 0 Å². The summed E-state index contributed by atoms with van der Waals surface area (Å²) in [7, 11) is 0. The third-order valence-corrected chi connectivity index (χ3v) is 3.22. The Morgan fingerprint density at radius 3 is 2.64 bits per heavy atom. The van der Waals surface area contributed by atoms with Crippen LogP contribution in [0.4, 0.5) is 0 Å². The zero-order valence-electron chi connectivity index (χ0n) is 10.3. The molecule has 1 aliphatic heterocycles. The summed E-state index contributed by atoms with van der Waals surface area (Å²) >= 11 is 0. The van der Waals surface area contributed by atoms with Crippen LogP contribution in [0.3, 0.4) is 0 Å². The zero-order chi connectivity index (χ0) is 10.6. The number of hydrogen-bond acceptors (Lipinski definition) is 2. The van der Waals surface area contributed by atoms with Crippen molar-refractivity contribution >= 4 is 0 Å². The smallest absolute Gasteiger partial charge is 0.0252 e. The van der Waals surface area contributed by atoms with Gasteiger partial charge in [0.25, 0.3) is 0 Å². The third-order valence-electron chi connectivity index (χ3n) is 3.22. The van der Waals surface area contributed by atoms with Gasteiger partial charge in [0.1, 0.15) is 0 Å². The second-order valence-electron chi connectivity index (χ2n) is 5.09. The first-order valence-corrected chi connectivity index (χ1v) is 6.08. The normalized spacial score (nSPS) is 24.4. The van der Waals surface area contributed by atoms with Gasteiger partial charge in [0.15, 0.2) is 0 Å². The van der Waals surface area contributed by atoms with E-state index in [0.717, 1.165) is 12.6 Å². The fraction of sp³-hybridized carbons (Fsp3) is 1.00. The van der Waals surface area contributed by atoms with Gasteiger partial charge in [-0.25, -0.2) is 0 Å². The van der Waals surface area contributed by atoms with Gasteiger partial charge < -0.3 is 5.32 Å². The van der Waals surface area contributed by atoms with E-state index in [0.29, 0.717) is 0 Å². The first kappa shape index (κ1) is 12.0. The number of nitrogens with zero attached hydrogens (tertiary/aromatic N) is 1. The highest BCUT2D eigenvalue weighted by Gasteiger charge is 2.28.